The van der Waals surface area contributed by atoms with Gasteiger partial charge in [-0.1, -0.05) is 12.1 Å². The monoisotopic (exact) mass is 415 g/mol. The van der Waals surface area contributed by atoms with E-state index in [0.29, 0.717) is 31.9 Å². The molecule has 1 atom stereocenters. The first-order valence-electron chi connectivity index (χ1n) is 10.6. The normalized spacial score (nSPS) is 18.8. The zero-order valence-corrected chi connectivity index (χ0v) is 17.3. The molecule has 1 fully saturated rings. The summed E-state index contributed by atoms with van der Waals surface area (Å²) in [6.45, 7) is 3.02. The number of ether oxygens (including phenoxy) is 2. The molecule has 1 saturated heterocycles. The van der Waals surface area contributed by atoms with Crippen LogP contribution in [-0.4, -0.2) is 43.2 Å². The van der Waals surface area contributed by atoms with Gasteiger partial charge in [-0.05, 0) is 67.5 Å². The van der Waals surface area contributed by atoms with Gasteiger partial charge in [0.05, 0.1) is 19.6 Å². The van der Waals surface area contributed by atoms with E-state index in [1.54, 1.807) is 11.8 Å². The van der Waals surface area contributed by atoms with E-state index >= 15 is 0 Å². The smallest absolute Gasteiger partial charge is 0.227 e. The Hall–Kier alpha value is -2.47. The Morgan fingerprint density at radius 2 is 1.97 bits per heavy atom. The Morgan fingerprint density at radius 1 is 1.17 bits per heavy atom. The summed E-state index contributed by atoms with van der Waals surface area (Å²) in [5.74, 6) is -0.831. The average Bonchev–Trinajstić information content (AvgIpc) is 2.78. The van der Waals surface area contributed by atoms with E-state index < -0.39 is 11.6 Å². The molecule has 1 unspecified atom stereocenters. The third-order valence-electron chi connectivity index (χ3n) is 5.95. The van der Waals surface area contributed by atoms with Crippen molar-refractivity contribution in [3.63, 3.8) is 0 Å². The van der Waals surface area contributed by atoms with Gasteiger partial charge in [0.15, 0.2) is 0 Å². The average molecular weight is 415 g/mol. The number of fused-ring (bicyclic) bond motifs is 1. The topological polar surface area (TPSA) is 38.8 Å². The number of morpholine rings is 1. The van der Waals surface area contributed by atoms with Crippen LogP contribution in [0.25, 0.3) is 0 Å². The summed E-state index contributed by atoms with van der Waals surface area (Å²) in [6, 6.07) is 8.80. The van der Waals surface area contributed by atoms with E-state index in [2.05, 4.69) is 12.1 Å². The third-order valence-corrected chi connectivity index (χ3v) is 5.95. The minimum absolute atomic E-state index is 0.173. The van der Waals surface area contributed by atoms with E-state index in [-0.39, 0.29) is 24.0 Å². The van der Waals surface area contributed by atoms with Crippen molar-refractivity contribution in [2.24, 2.45) is 0 Å². The summed E-state index contributed by atoms with van der Waals surface area (Å²) < 4.78 is 39.9. The summed E-state index contributed by atoms with van der Waals surface area (Å²) in [5.41, 5.74) is 2.91. The quantitative estimate of drug-likeness (QED) is 0.741. The van der Waals surface area contributed by atoms with Crippen molar-refractivity contribution in [2.45, 2.75) is 45.1 Å². The molecular formula is C24H27F2NO3. The molecule has 0 saturated carbocycles. The van der Waals surface area contributed by atoms with E-state index in [0.717, 1.165) is 18.6 Å². The van der Waals surface area contributed by atoms with E-state index in [1.165, 1.54) is 36.1 Å². The molecule has 1 heterocycles. The Balaban J connectivity index is 1.34. The lowest BCUT2D eigenvalue weighted by Crippen LogP contribution is -2.48. The fourth-order valence-corrected chi connectivity index (χ4v) is 4.18. The highest BCUT2D eigenvalue weighted by atomic mass is 19.1. The number of nitrogens with zero attached hydrogens (tertiary/aromatic N) is 1. The van der Waals surface area contributed by atoms with Gasteiger partial charge >= 0.3 is 0 Å². The van der Waals surface area contributed by atoms with Gasteiger partial charge in [0.1, 0.15) is 30.1 Å². The van der Waals surface area contributed by atoms with Crippen molar-refractivity contribution in [1.29, 1.82) is 0 Å². The first-order chi connectivity index (χ1) is 14.5. The van der Waals surface area contributed by atoms with Gasteiger partial charge in [-0.15, -0.1) is 0 Å². The van der Waals surface area contributed by atoms with Crippen LogP contribution in [0.15, 0.2) is 30.3 Å². The summed E-state index contributed by atoms with van der Waals surface area (Å²) in [7, 11) is 0. The highest BCUT2D eigenvalue weighted by Gasteiger charge is 2.26. The SMILES string of the molecule is Cc1ccc(F)c(CC(=O)N2CCOC(COc3ccc4c(c3)CCCC4)C2)c1F. The van der Waals surface area contributed by atoms with E-state index in [4.69, 9.17) is 9.47 Å². The number of benzene rings is 2. The zero-order chi connectivity index (χ0) is 21.1. The lowest BCUT2D eigenvalue weighted by Gasteiger charge is -2.33. The van der Waals surface area contributed by atoms with Crippen LogP contribution < -0.4 is 4.74 Å². The van der Waals surface area contributed by atoms with Crippen molar-refractivity contribution < 1.29 is 23.0 Å². The van der Waals surface area contributed by atoms with Crippen LogP contribution >= 0.6 is 0 Å². The van der Waals surface area contributed by atoms with Crippen LogP contribution in [0.3, 0.4) is 0 Å². The van der Waals surface area contributed by atoms with Gasteiger partial charge in [-0.3, -0.25) is 4.79 Å². The van der Waals surface area contributed by atoms with Crippen LogP contribution in [0.1, 0.15) is 35.1 Å². The van der Waals surface area contributed by atoms with Gasteiger partial charge in [0.25, 0.3) is 0 Å². The minimum Gasteiger partial charge on any atom is -0.491 e. The fourth-order valence-electron chi connectivity index (χ4n) is 4.18. The van der Waals surface area contributed by atoms with Gasteiger partial charge < -0.3 is 14.4 Å². The standard InChI is InChI=1S/C24H27F2NO3/c1-16-6-9-22(25)21(24(16)26)13-23(28)27-10-11-29-20(14-27)15-30-19-8-7-17-4-2-3-5-18(17)12-19/h6-9,12,20H,2-5,10-11,13-15H2,1H3. The second-order valence-corrected chi connectivity index (χ2v) is 8.11. The molecule has 1 aliphatic heterocycles. The molecule has 0 spiro atoms. The van der Waals surface area contributed by atoms with Crippen LogP contribution in [0.4, 0.5) is 8.78 Å². The first-order valence-corrected chi connectivity index (χ1v) is 10.6. The Labute approximate surface area is 175 Å². The van der Waals surface area contributed by atoms with Gasteiger partial charge in [-0.2, -0.15) is 0 Å². The molecule has 0 bridgehead atoms. The fraction of sp³-hybridized carbons (Fsp3) is 0.458. The lowest BCUT2D eigenvalue weighted by atomic mass is 9.92. The highest BCUT2D eigenvalue weighted by Crippen LogP contribution is 2.26. The summed E-state index contributed by atoms with van der Waals surface area (Å²) in [6.07, 6.45) is 4.09. The van der Waals surface area contributed by atoms with Gasteiger partial charge in [0, 0.05) is 12.1 Å². The molecule has 30 heavy (non-hydrogen) atoms. The first kappa shape index (κ1) is 20.8. The van der Waals surface area contributed by atoms with Crippen molar-refractivity contribution in [2.75, 3.05) is 26.3 Å². The zero-order valence-electron chi connectivity index (χ0n) is 17.3. The molecule has 6 heteroatoms. The molecule has 4 nitrogen and oxygen atoms in total. The Morgan fingerprint density at radius 3 is 2.80 bits per heavy atom. The van der Waals surface area contributed by atoms with Gasteiger partial charge in [0.2, 0.25) is 5.91 Å². The molecule has 1 amide bonds. The summed E-state index contributed by atoms with van der Waals surface area (Å²) in [5, 5.41) is 0. The molecule has 1 aliphatic carbocycles. The predicted molar refractivity (Wildman–Crippen MR) is 110 cm³/mol. The Kier molecular flexibility index (Phi) is 6.32. The van der Waals surface area contributed by atoms with Crippen molar-refractivity contribution in [3.8, 4) is 5.75 Å². The number of halogens is 2. The largest absolute Gasteiger partial charge is 0.491 e. The highest BCUT2D eigenvalue weighted by molar-refractivity contribution is 5.79. The Bertz CT molecular complexity index is 931. The van der Waals surface area contributed by atoms with E-state index in [9.17, 15) is 13.6 Å². The number of amides is 1. The maximum atomic E-state index is 14.2. The predicted octanol–water partition coefficient (Wildman–Crippen LogP) is 4.00. The molecular weight excluding hydrogens is 388 g/mol. The second-order valence-electron chi connectivity index (χ2n) is 8.11. The summed E-state index contributed by atoms with van der Waals surface area (Å²) >= 11 is 0. The lowest BCUT2D eigenvalue weighted by molar-refractivity contribution is -0.139. The number of rotatable bonds is 5. The molecule has 160 valence electrons. The molecule has 4 rings (SSSR count). The molecule has 2 aromatic rings. The third kappa shape index (κ3) is 4.64. The maximum Gasteiger partial charge on any atom is 0.227 e. The second kappa shape index (κ2) is 9.13. The van der Waals surface area contributed by atoms with Crippen molar-refractivity contribution in [3.05, 3.63) is 64.2 Å². The number of aryl methyl sites for hydroxylation is 3. The van der Waals surface area contributed by atoms with E-state index in [1.807, 2.05) is 6.07 Å². The van der Waals surface area contributed by atoms with Crippen LogP contribution in [0.5, 0.6) is 5.75 Å². The summed E-state index contributed by atoms with van der Waals surface area (Å²) in [4.78, 5) is 14.3. The molecule has 0 N–H and O–H groups in total. The van der Waals surface area contributed by atoms with Crippen LogP contribution in [0.2, 0.25) is 0 Å². The van der Waals surface area contributed by atoms with Crippen LogP contribution in [-0.2, 0) is 28.8 Å². The minimum atomic E-state index is -0.688. The van der Waals surface area contributed by atoms with Crippen molar-refractivity contribution in [1.82, 2.24) is 4.90 Å². The molecule has 2 aromatic carbocycles. The maximum absolute atomic E-state index is 14.2. The van der Waals surface area contributed by atoms with Gasteiger partial charge in [-0.25, -0.2) is 8.78 Å². The number of hydrogen-bond acceptors (Lipinski definition) is 3. The van der Waals surface area contributed by atoms with Crippen LogP contribution in [0, 0.1) is 18.6 Å². The molecule has 0 aromatic heterocycles. The number of carbonyl (C=O) groups excluding carboxylic acids is 1. The molecule has 0 radical (unpaired) electrons. The molecule has 2 aliphatic rings. The van der Waals surface area contributed by atoms with Crippen molar-refractivity contribution >= 4 is 5.91 Å². The number of hydrogen-bond donors (Lipinski definition) is 0. The number of carbonyl (C=O) groups is 1.